The summed E-state index contributed by atoms with van der Waals surface area (Å²) < 4.78 is 42.1. The summed E-state index contributed by atoms with van der Waals surface area (Å²) in [6, 6.07) is 4.92. The number of halogens is 2. The molecule has 0 heterocycles. The summed E-state index contributed by atoms with van der Waals surface area (Å²) in [6.07, 6.45) is 1.36. The van der Waals surface area contributed by atoms with Crippen LogP contribution in [0.4, 0.5) is 10.1 Å². The van der Waals surface area contributed by atoms with Gasteiger partial charge in [0.25, 0.3) is 15.9 Å². The summed E-state index contributed by atoms with van der Waals surface area (Å²) >= 11 is 3.10. The molecule has 5 N–H and O–H groups in total. The number of carbonyl (C=O) groups is 1. The molecule has 2 aromatic carbocycles. The third-order valence-corrected chi connectivity index (χ3v) is 5.87. The van der Waals surface area contributed by atoms with Gasteiger partial charge in [0.05, 0.1) is 5.69 Å². The summed E-state index contributed by atoms with van der Waals surface area (Å²) in [5.41, 5.74) is 4.07. The number of aromatic hydroxyl groups is 2. The van der Waals surface area contributed by atoms with E-state index in [-0.39, 0.29) is 17.2 Å². The number of hydrogen-bond donors (Lipinski definition) is 4. The number of sulfonamides is 1. The number of primary amides is 1. The number of nitrogens with two attached hydrogens (primary N) is 1. The van der Waals surface area contributed by atoms with E-state index in [1.165, 1.54) is 12.1 Å². The molecule has 1 aliphatic rings. The van der Waals surface area contributed by atoms with Gasteiger partial charge in [0.2, 0.25) is 0 Å². The van der Waals surface area contributed by atoms with Crippen LogP contribution in [0.15, 0.2) is 33.6 Å². The zero-order valence-corrected chi connectivity index (χ0v) is 15.6. The number of hydrogen-bond acceptors (Lipinski definition) is 5. The number of phenolic OH excluding ortho intramolecular Hbond substituents is 1. The third-order valence-electron chi connectivity index (χ3n) is 3.98. The maximum Gasteiger partial charge on any atom is 0.265 e. The molecule has 0 unspecified atom stereocenters. The predicted octanol–water partition coefficient (Wildman–Crippen LogP) is 2.78. The molecule has 26 heavy (non-hydrogen) atoms. The lowest BCUT2D eigenvalue weighted by atomic mass is 10.0. The quantitative estimate of drug-likeness (QED) is 0.526. The van der Waals surface area contributed by atoms with Crippen molar-refractivity contribution >= 4 is 37.5 Å². The number of nitrogens with one attached hydrogen (secondary N) is 1. The summed E-state index contributed by atoms with van der Waals surface area (Å²) in [5.74, 6) is -3.76. The van der Waals surface area contributed by atoms with E-state index in [4.69, 9.17) is 5.73 Å². The molecule has 0 spiro atoms. The maximum atomic E-state index is 14.4. The lowest BCUT2D eigenvalue weighted by Crippen LogP contribution is -2.18. The fraction of sp³-hybridized carbons (Fsp3) is 0.188. The van der Waals surface area contributed by atoms with Crippen molar-refractivity contribution in [1.29, 1.82) is 0 Å². The molecular weight excluding hydrogens is 431 g/mol. The highest BCUT2D eigenvalue weighted by molar-refractivity contribution is 9.10. The Labute approximate surface area is 156 Å². The maximum absolute atomic E-state index is 14.4. The van der Waals surface area contributed by atoms with Crippen LogP contribution in [0.1, 0.15) is 34.7 Å². The minimum Gasteiger partial charge on any atom is -0.507 e. The lowest BCUT2D eigenvalue weighted by molar-refractivity contribution is 0.0993. The zero-order chi connectivity index (χ0) is 19.2. The number of amides is 1. The first-order valence-corrected chi connectivity index (χ1v) is 9.76. The first-order valence-electron chi connectivity index (χ1n) is 7.48. The van der Waals surface area contributed by atoms with Crippen LogP contribution in [0.2, 0.25) is 0 Å². The molecule has 7 nitrogen and oxygen atoms in total. The Morgan fingerprint density at radius 3 is 2.50 bits per heavy atom. The van der Waals surface area contributed by atoms with Crippen LogP contribution in [-0.4, -0.2) is 24.5 Å². The number of anilines is 1. The van der Waals surface area contributed by atoms with Crippen LogP contribution in [0.3, 0.4) is 0 Å². The molecule has 1 aliphatic carbocycles. The Morgan fingerprint density at radius 2 is 1.92 bits per heavy atom. The van der Waals surface area contributed by atoms with E-state index in [2.05, 4.69) is 20.7 Å². The first-order chi connectivity index (χ1) is 12.1. The average molecular weight is 445 g/mol. The lowest BCUT2D eigenvalue weighted by Gasteiger charge is -2.15. The highest BCUT2D eigenvalue weighted by Gasteiger charge is 2.33. The molecule has 0 bridgehead atoms. The molecule has 0 radical (unpaired) electrons. The Bertz CT molecular complexity index is 1020. The van der Waals surface area contributed by atoms with Crippen molar-refractivity contribution in [2.75, 3.05) is 4.72 Å². The van der Waals surface area contributed by atoms with Crippen LogP contribution in [0.5, 0.6) is 11.5 Å². The highest BCUT2D eigenvalue weighted by atomic mass is 79.9. The van der Waals surface area contributed by atoms with Gasteiger partial charge in [-0.25, -0.2) is 12.8 Å². The van der Waals surface area contributed by atoms with Crippen LogP contribution >= 0.6 is 15.9 Å². The van der Waals surface area contributed by atoms with Gasteiger partial charge in [0.1, 0.15) is 22.0 Å². The van der Waals surface area contributed by atoms with Gasteiger partial charge in [0.15, 0.2) is 5.75 Å². The molecule has 0 aromatic heterocycles. The van der Waals surface area contributed by atoms with Crippen molar-refractivity contribution in [3.8, 4) is 11.5 Å². The van der Waals surface area contributed by atoms with Gasteiger partial charge in [-0.2, -0.15) is 0 Å². The van der Waals surface area contributed by atoms with Crippen molar-refractivity contribution in [2.45, 2.75) is 23.7 Å². The van der Waals surface area contributed by atoms with Gasteiger partial charge in [-0.05, 0) is 48.6 Å². The third kappa shape index (κ3) is 3.34. The second-order valence-electron chi connectivity index (χ2n) is 5.91. The van der Waals surface area contributed by atoms with Crippen molar-refractivity contribution in [3.05, 3.63) is 45.7 Å². The number of phenols is 2. The predicted molar refractivity (Wildman–Crippen MR) is 95.2 cm³/mol. The number of carbonyl (C=O) groups excluding carboxylic acids is 1. The van der Waals surface area contributed by atoms with E-state index >= 15 is 0 Å². The van der Waals surface area contributed by atoms with Gasteiger partial charge in [0, 0.05) is 4.47 Å². The molecule has 138 valence electrons. The van der Waals surface area contributed by atoms with Gasteiger partial charge < -0.3 is 15.9 Å². The van der Waals surface area contributed by atoms with E-state index in [9.17, 15) is 27.8 Å². The summed E-state index contributed by atoms with van der Waals surface area (Å²) in [6.45, 7) is 0. The van der Waals surface area contributed by atoms with Gasteiger partial charge in [-0.15, -0.1) is 0 Å². The summed E-state index contributed by atoms with van der Waals surface area (Å²) in [4.78, 5) is 11.1. The second-order valence-corrected chi connectivity index (χ2v) is 8.47. The van der Waals surface area contributed by atoms with E-state index in [0.29, 0.717) is 17.3 Å². The normalized spacial score (nSPS) is 14.2. The second kappa shape index (κ2) is 6.44. The fourth-order valence-corrected chi connectivity index (χ4v) is 4.26. The molecule has 0 saturated heterocycles. The molecule has 0 aliphatic heterocycles. The van der Waals surface area contributed by atoms with Crippen molar-refractivity contribution < 1.29 is 27.8 Å². The summed E-state index contributed by atoms with van der Waals surface area (Å²) in [7, 11) is -4.33. The van der Waals surface area contributed by atoms with Gasteiger partial charge >= 0.3 is 0 Å². The van der Waals surface area contributed by atoms with Crippen molar-refractivity contribution in [1.82, 2.24) is 0 Å². The highest BCUT2D eigenvalue weighted by Crippen LogP contribution is 2.45. The summed E-state index contributed by atoms with van der Waals surface area (Å²) in [5, 5.41) is 20.0. The molecule has 1 fully saturated rings. The molecule has 1 saturated carbocycles. The Kier molecular flexibility index (Phi) is 4.57. The number of rotatable bonds is 5. The minimum absolute atomic E-state index is 0.104. The van der Waals surface area contributed by atoms with Crippen LogP contribution in [0, 0.1) is 5.82 Å². The minimum atomic E-state index is -4.33. The van der Waals surface area contributed by atoms with Crippen LogP contribution in [0.25, 0.3) is 0 Å². The Balaban J connectivity index is 2.12. The Hall–Kier alpha value is -2.33. The van der Waals surface area contributed by atoms with Crippen molar-refractivity contribution in [2.24, 2.45) is 5.73 Å². The molecule has 10 heteroatoms. The van der Waals surface area contributed by atoms with Crippen LogP contribution < -0.4 is 10.5 Å². The smallest absolute Gasteiger partial charge is 0.265 e. The monoisotopic (exact) mass is 444 g/mol. The van der Waals surface area contributed by atoms with Gasteiger partial charge in [-0.3, -0.25) is 9.52 Å². The van der Waals surface area contributed by atoms with E-state index in [1.807, 2.05) is 0 Å². The van der Waals surface area contributed by atoms with E-state index in [1.54, 1.807) is 0 Å². The number of benzene rings is 2. The molecule has 0 atom stereocenters. The largest absolute Gasteiger partial charge is 0.507 e. The van der Waals surface area contributed by atoms with Gasteiger partial charge in [-0.1, -0.05) is 15.9 Å². The fourth-order valence-electron chi connectivity index (χ4n) is 2.57. The SMILES string of the molecule is NC(=O)c1c(O)c(NS(=O)(=O)c2cc(Br)ccc2O)cc(C2CC2)c1F. The Morgan fingerprint density at radius 1 is 1.27 bits per heavy atom. The standard InChI is InChI=1S/C16H14BrFN2O5S/c17-8-3-4-11(21)12(5-8)26(24,25)20-10-6-9(7-1-2-7)14(18)13(15(10)22)16(19)23/h3-7,20-22H,1-2H2,(H2,19,23). The van der Waals surface area contributed by atoms with E-state index in [0.717, 1.165) is 12.1 Å². The average Bonchev–Trinajstić information content (AvgIpc) is 3.36. The topological polar surface area (TPSA) is 130 Å². The van der Waals surface area contributed by atoms with Crippen molar-refractivity contribution in [3.63, 3.8) is 0 Å². The van der Waals surface area contributed by atoms with Crippen LogP contribution in [-0.2, 0) is 10.0 Å². The molecular formula is C16H14BrFN2O5S. The first kappa shape index (κ1) is 18.5. The molecule has 3 rings (SSSR count). The van der Waals surface area contributed by atoms with E-state index < -0.39 is 43.7 Å². The zero-order valence-electron chi connectivity index (χ0n) is 13.2. The molecule has 1 amide bonds. The molecule has 2 aromatic rings.